The van der Waals surface area contributed by atoms with E-state index in [1.165, 1.54) is 0 Å². The van der Waals surface area contributed by atoms with Crippen LogP contribution < -0.4 is 0 Å². The average molecular weight is 256 g/mol. The maximum atomic E-state index is 10.6. The van der Waals surface area contributed by atoms with Crippen LogP contribution in [0, 0.1) is 0 Å². The number of hydrogen-bond acceptors (Lipinski definition) is 3. The molecule has 0 radical (unpaired) electrons. The van der Waals surface area contributed by atoms with Gasteiger partial charge in [0.2, 0.25) is 0 Å². The highest BCUT2D eigenvalue weighted by atomic mass is 127. The van der Waals surface area contributed by atoms with Crippen molar-refractivity contribution in [1.29, 1.82) is 0 Å². The van der Waals surface area contributed by atoms with Crippen LogP contribution in [0.1, 0.15) is 13.3 Å². The number of hydrogen-bond donors (Lipinski definition) is 0. The molecule has 0 aromatic carbocycles. The number of Topliss-reactive ketones (excluding diaryl/α,β-unsaturated/α-hetero) is 1. The number of esters is 1. The van der Waals surface area contributed by atoms with Gasteiger partial charge in [-0.25, -0.2) is 0 Å². The third-order valence-electron chi connectivity index (χ3n) is 0.796. The Hall–Kier alpha value is -0.130. The molecule has 0 spiro atoms. The molecule has 0 unspecified atom stereocenters. The van der Waals surface area contributed by atoms with Gasteiger partial charge >= 0.3 is 5.97 Å². The van der Waals surface area contributed by atoms with Crippen molar-refractivity contribution >= 4 is 34.3 Å². The van der Waals surface area contributed by atoms with E-state index in [2.05, 4.69) is 4.74 Å². The second-order valence-electron chi connectivity index (χ2n) is 1.65. The molecule has 10 heavy (non-hydrogen) atoms. The lowest BCUT2D eigenvalue weighted by Crippen LogP contribution is -2.11. The fourth-order valence-corrected chi connectivity index (χ4v) is 0.690. The third kappa shape index (κ3) is 4.72. The predicted molar refractivity (Wildman–Crippen MR) is 45.1 cm³/mol. The van der Waals surface area contributed by atoms with E-state index >= 15 is 0 Å². The number of halogens is 1. The zero-order valence-electron chi connectivity index (χ0n) is 5.72. The molecule has 0 N–H and O–H groups in total. The SMILES string of the molecule is CCOC(=O)CC(=O)CI. The van der Waals surface area contributed by atoms with Crippen molar-refractivity contribution in [1.82, 2.24) is 0 Å². The molecule has 3 nitrogen and oxygen atoms in total. The molecule has 0 saturated heterocycles. The van der Waals surface area contributed by atoms with E-state index in [-0.39, 0.29) is 12.2 Å². The van der Waals surface area contributed by atoms with Gasteiger partial charge in [-0.15, -0.1) is 0 Å². The van der Waals surface area contributed by atoms with Crippen molar-refractivity contribution < 1.29 is 14.3 Å². The Morgan fingerprint density at radius 3 is 2.50 bits per heavy atom. The third-order valence-corrected chi connectivity index (χ3v) is 1.65. The summed E-state index contributed by atoms with van der Waals surface area (Å²) in [6, 6.07) is 0. The molecule has 0 rings (SSSR count). The Morgan fingerprint density at radius 2 is 2.10 bits per heavy atom. The van der Waals surface area contributed by atoms with E-state index in [0.29, 0.717) is 11.0 Å². The summed E-state index contributed by atoms with van der Waals surface area (Å²) in [4.78, 5) is 21.2. The summed E-state index contributed by atoms with van der Waals surface area (Å²) in [5.74, 6) is -0.511. The van der Waals surface area contributed by atoms with Crippen LogP contribution >= 0.6 is 22.6 Å². The van der Waals surface area contributed by atoms with Gasteiger partial charge in [-0.05, 0) is 6.92 Å². The van der Waals surface area contributed by atoms with Gasteiger partial charge in [0.1, 0.15) is 6.42 Å². The lowest BCUT2D eigenvalue weighted by molar-refractivity contribution is -0.145. The summed E-state index contributed by atoms with van der Waals surface area (Å²) < 4.78 is 4.92. The minimum atomic E-state index is -0.427. The van der Waals surface area contributed by atoms with Crippen molar-refractivity contribution in [2.75, 3.05) is 11.0 Å². The lowest BCUT2D eigenvalue weighted by Gasteiger charge is -1.97. The van der Waals surface area contributed by atoms with Crippen molar-refractivity contribution in [3.8, 4) is 0 Å². The molecule has 0 saturated carbocycles. The van der Waals surface area contributed by atoms with Gasteiger partial charge in [-0.3, -0.25) is 9.59 Å². The second-order valence-corrected chi connectivity index (χ2v) is 2.42. The van der Waals surface area contributed by atoms with E-state index in [0.717, 1.165) is 0 Å². The standard InChI is InChI=1S/C6H9IO3/c1-2-10-6(9)3-5(8)4-7/h2-4H2,1H3. The Bertz CT molecular complexity index is 133. The molecule has 0 amide bonds. The minimum absolute atomic E-state index is 0.0842. The van der Waals surface area contributed by atoms with Crippen molar-refractivity contribution in [2.24, 2.45) is 0 Å². The second kappa shape index (κ2) is 5.64. The summed E-state index contributed by atoms with van der Waals surface area (Å²) in [5.41, 5.74) is 0. The summed E-state index contributed by atoms with van der Waals surface area (Å²) in [6.07, 6.45) is -0.0865. The molecule has 0 aromatic rings. The quantitative estimate of drug-likeness (QED) is 0.325. The number of ether oxygens (including phenoxy) is 1. The fourth-order valence-electron chi connectivity index (χ4n) is 0.420. The van der Waals surface area contributed by atoms with Crippen LogP contribution in [0.3, 0.4) is 0 Å². The normalized spacial score (nSPS) is 9.00. The Morgan fingerprint density at radius 1 is 1.50 bits per heavy atom. The molecule has 0 aliphatic rings. The topological polar surface area (TPSA) is 43.4 Å². The Labute approximate surface area is 73.3 Å². The number of rotatable bonds is 4. The van der Waals surface area contributed by atoms with Gasteiger partial charge in [0.05, 0.1) is 11.0 Å². The van der Waals surface area contributed by atoms with E-state index in [4.69, 9.17) is 0 Å². The van der Waals surface area contributed by atoms with Crippen molar-refractivity contribution in [2.45, 2.75) is 13.3 Å². The number of ketones is 1. The first-order valence-corrected chi connectivity index (χ1v) is 4.46. The van der Waals surface area contributed by atoms with Crippen LogP contribution in [0.5, 0.6) is 0 Å². The maximum Gasteiger partial charge on any atom is 0.313 e. The van der Waals surface area contributed by atoms with Gasteiger partial charge in [0.25, 0.3) is 0 Å². The molecule has 58 valence electrons. The molecular weight excluding hydrogens is 247 g/mol. The largest absolute Gasteiger partial charge is 0.466 e. The van der Waals surface area contributed by atoms with Crippen LogP contribution in [-0.2, 0) is 14.3 Å². The van der Waals surface area contributed by atoms with Crippen LogP contribution in [0.2, 0.25) is 0 Å². The molecule has 0 aromatic heterocycles. The molecule has 4 heteroatoms. The van der Waals surface area contributed by atoms with Crippen molar-refractivity contribution in [3.63, 3.8) is 0 Å². The van der Waals surface area contributed by atoms with Crippen molar-refractivity contribution in [3.05, 3.63) is 0 Å². The molecule has 0 bridgehead atoms. The van der Waals surface area contributed by atoms with Crippen LogP contribution in [0.4, 0.5) is 0 Å². The fraction of sp³-hybridized carbons (Fsp3) is 0.667. The molecule has 0 aliphatic carbocycles. The first kappa shape index (κ1) is 9.87. The maximum absolute atomic E-state index is 10.6. The first-order valence-electron chi connectivity index (χ1n) is 2.94. The Kier molecular flexibility index (Phi) is 5.57. The molecule has 0 fully saturated rings. The number of carbonyl (C=O) groups is 2. The van der Waals surface area contributed by atoms with E-state index in [9.17, 15) is 9.59 Å². The highest BCUT2D eigenvalue weighted by Crippen LogP contribution is 1.92. The van der Waals surface area contributed by atoms with Crippen LogP contribution in [0.15, 0.2) is 0 Å². The number of carbonyl (C=O) groups excluding carboxylic acids is 2. The Balaban J connectivity index is 3.47. The van der Waals surface area contributed by atoms with Crippen LogP contribution in [0.25, 0.3) is 0 Å². The van der Waals surface area contributed by atoms with E-state index < -0.39 is 5.97 Å². The van der Waals surface area contributed by atoms with E-state index in [1.54, 1.807) is 6.92 Å². The van der Waals surface area contributed by atoms with Gasteiger partial charge in [-0.1, -0.05) is 22.6 Å². The lowest BCUT2D eigenvalue weighted by atomic mass is 10.3. The molecule has 0 heterocycles. The van der Waals surface area contributed by atoms with Gasteiger partial charge in [0.15, 0.2) is 5.78 Å². The molecule has 0 aliphatic heterocycles. The summed E-state index contributed by atoms with van der Waals surface area (Å²) in [5, 5.41) is 0. The number of alkyl halides is 1. The predicted octanol–water partition coefficient (Wildman–Crippen LogP) is 0.944. The van der Waals surface area contributed by atoms with Gasteiger partial charge in [-0.2, -0.15) is 0 Å². The van der Waals surface area contributed by atoms with Gasteiger partial charge < -0.3 is 4.74 Å². The first-order chi connectivity index (χ1) is 4.70. The zero-order chi connectivity index (χ0) is 7.98. The zero-order valence-corrected chi connectivity index (χ0v) is 7.88. The van der Waals surface area contributed by atoms with Gasteiger partial charge in [0, 0.05) is 0 Å². The average Bonchev–Trinajstić information content (AvgIpc) is 1.88. The highest BCUT2D eigenvalue weighted by Gasteiger charge is 2.07. The molecule has 0 atom stereocenters. The monoisotopic (exact) mass is 256 g/mol. The molecular formula is C6H9IO3. The summed E-state index contributed by atoms with van der Waals surface area (Å²) in [6.45, 7) is 2.06. The van der Waals surface area contributed by atoms with E-state index in [1.807, 2.05) is 22.6 Å². The summed E-state index contributed by atoms with van der Waals surface area (Å²) in [7, 11) is 0. The summed E-state index contributed by atoms with van der Waals surface area (Å²) >= 11 is 1.92. The highest BCUT2D eigenvalue weighted by molar-refractivity contribution is 14.1. The minimum Gasteiger partial charge on any atom is -0.466 e. The van der Waals surface area contributed by atoms with Crippen LogP contribution in [-0.4, -0.2) is 22.8 Å². The smallest absolute Gasteiger partial charge is 0.313 e.